The minimum Gasteiger partial charge on any atom is -0.493 e. The Morgan fingerprint density at radius 2 is 2.11 bits per heavy atom. The van der Waals surface area contributed by atoms with E-state index in [0.29, 0.717) is 41.7 Å². The summed E-state index contributed by atoms with van der Waals surface area (Å²) in [6.45, 7) is 3.69. The average Bonchev–Trinajstić information content (AvgIpc) is 3.07. The largest absolute Gasteiger partial charge is 0.493 e. The number of methoxy groups -OCH3 is 1. The lowest BCUT2D eigenvalue weighted by Crippen LogP contribution is -2.04. The molecule has 0 aliphatic carbocycles. The molecule has 0 saturated heterocycles. The van der Waals surface area contributed by atoms with Gasteiger partial charge in [-0.1, -0.05) is 0 Å². The van der Waals surface area contributed by atoms with Crippen molar-refractivity contribution in [1.29, 1.82) is 0 Å². The fourth-order valence-corrected chi connectivity index (χ4v) is 2.55. The molecule has 2 N–H and O–H groups in total. The summed E-state index contributed by atoms with van der Waals surface area (Å²) in [6, 6.07) is 5.13. The Morgan fingerprint density at radius 1 is 1.29 bits per heavy atom. The topological polar surface area (TPSA) is 111 Å². The van der Waals surface area contributed by atoms with E-state index in [4.69, 9.17) is 25.8 Å². The first-order valence-corrected chi connectivity index (χ1v) is 9.00. The SMILES string of the molecule is COc1cc2c(Nc3cc(OC(C)=O)n[nH]3)ncnc2cc1OCCC(C)Cl. The van der Waals surface area contributed by atoms with E-state index in [-0.39, 0.29) is 11.3 Å². The van der Waals surface area contributed by atoms with E-state index in [1.807, 2.05) is 6.92 Å². The highest BCUT2D eigenvalue weighted by Gasteiger charge is 2.13. The van der Waals surface area contributed by atoms with E-state index >= 15 is 0 Å². The molecule has 3 aromatic rings. The highest BCUT2D eigenvalue weighted by atomic mass is 35.5. The maximum atomic E-state index is 11.0. The van der Waals surface area contributed by atoms with Crippen LogP contribution < -0.4 is 19.5 Å². The smallest absolute Gasteiger partial charge is 0.309 e. The number of nitrogens with zero attached hydrogens (tertiary/aromatic N) is 3. The van der Waals surface area contributed by atoms with E-state index < -0.39 is 5.97 Å². The number of aromatic amines is 1. The van der Waals surface area contributed by atoms with Crippen LogP contribution in [0.5, 0.6) is 17.4 Å². The molecule has 1 atom stereocenters. The molecule has 0 saturated carbocycles. The Labute approximate surface area is 166 Å². The maximum absolute atomic E-state index is 11.0. The number of aromatic nitrogens is 4. The van der Waals surface area contributed by atoms with Gasteiger partial charge in [0.15, 0.2) is 11.5 Å². The summed E-state index contributed by atoms with van der Waals surface area (Å²) < 4.78 is 16.2. The second-order valence-electron chi connectivity index (χ2n) is 6.00. The van der Waals surface area contributed by atoms with Crippen LogP contribution in [-0.2, 0) is 4.79 Å². The first-order valence-electron chi connectivity index (χ1n) is 8.56. The van der Waals surface area contributed by atoms with Crippen molar-refractivity contribution in [1.82, 2.24) is 20.2 Å². The third kappa shape index (κ3) is 4.80. The number of rotatable bonds is 8. The molecular weight excluding hydrogens is 386 g/mol. The summed E-state index contributed by atoms with van der Waals surface area (Å²) in [5.74, 6) is 1.88. The van der Waals surface area contributed by atoms with Gasteiger partial charge in [-0.25, -0.2) is 9.97 Å². The van der Waals surface area contributed by atoms with Gasteiger partial charge in [-0.15, -0.1) is 16.7 Å². The molecular formula is C18H20ClN5O4. The Hall–Kier alpha value is -3.07. The Morgan fingerprint density at radius 3 is 2.82 bits per heavy atom. The molecule has 28 heavy (non-hydrogen) atoms. The summed E-state index contributed by atoms with van der Waals surface area (Å²) >= 11 is 5.96. The van der Waals surface area contributed by atoms with Crippen LogP contribution >= 0.6 is 11.6 Å². The molecule has 1 aromatic carbocycles. The lowest BCUT2D eigenvalue weighted by molar-refractivity contribution is -0.132. The van der Waals surface area contributed by atoms with Crippen molar-refractivity contribution in [2.24, 2.45) is 0 Å². The molecule has 148 valence electrons. The molecule has 1 unspecified atom stereocenters. The standard InChI is InChI=1S/C18H20ClN5O4/c1-10(19)4-5-27-15-7-13-12(6-14(15)26-3)18(21-9-20-13)22-16-8-17(24-23-16)28-11(2)25/h6-10H,4-5H2,1-3H3,(H2,20,21,22,23,24). The zero-order valence-electron chi connectivity index (χ0n) is 15.7. The molecule has 0 bridgehead atoms. The van der Waals surface area contributed by atoms with E-state index in [9.17, 15) is 4.79 Å². The number of alkyl halides is 1. The van der Waals surface area contributed by atoms with Crippen molar-refractivity contribution in [3.63, 3.8) is 0 Å². The lowest BCUT2D eigenvalue weighted by atomic mass is 10.2. The third-order valence-electron chi connectivity index (χ3n) is 3.75. The van der Waals surface area contributed by atoms with Crippen molar-refractivity contribution in [3.8, 4) is 17.4 Å². The summed E-state index contributed by atoms with van der Waals surface area (Å²) in [7, 11) is 1.56. The third-order valence-corrected chi connectivity index (χ3v) is 3.97. The van der Waals surface area contributed by atoms with Crippen molar-refractivity contribution in [2.75, 3.05) is 19.0 Å². The van der Waals surface area contributed by atoms with Crippen LogP contribution in [0.1, 0.15) is 20.3 Å². The monoisotopic (exact) mass is 405 g/mol. The van der Waals surface area contributed by atoms with Gasteiger partial charge in [-0.2, -0.15) is 0 Å². The van der Waals surface area contributed by atoms with Gasteiger partial charge in [0, 0.05) is 29.8 Å². The molecule has 9 nitrogen and oxygen atoms in total. The predicted octanol–water partition coefficient (Wildman–Crippen LogP) is 3.43. The van der Waals surface area contributed by atoms with Crippen molar-refractivity contribution >= 4 is 40.1 Å². The van der Waals surface area contributed by atoms with Gasteiger partial charge in [0.05, 0.1) is 19.2 Å². The minimum absolute atomic E-state index is 0.0239. The van der Waals surface area contributed by atoms with E-state index in [1.54, 1.807) is 25.3 Å². The highest BCUT2D eigenvalue weighted by Crippen LogP contribution is 2.34. The van der Waals surface area contributed by atoms with Gasteiger partial charge >= 0.3 is 5.97 Å². The summed E-state index contributed by atoms with van der Waals surface area (Å²) in [5.41, 5.74) is 0.673. The number of anilines is 2. The van der Waals surface area contributed by atoms with Crippen LogP contribution in [0.3, 0.4) is 0 Å². The summed E-state index contributed by atoms with van der Waals surface area (Å²) in [6.07, 6.45) is 2.15. The number of hydrogen-bond acceptors (Lipinski definition) is 8. The summed E-state index contributed by atoms with van der Waals surface area (Å²) in [4.78, 5) is 19.6. The van der Waals surface area contributed by atoms with Gasteiger partial charge < -0.3 is 19.5 Å². The van der Waals surface area contributed by atoms with Crippen LogP contribution in [0.25, 0.3) is 10.9 Å². The maximum Gasteiger partial charge on any atom is 0.309 e. The number of esters is 1. The van der Waals surface area contributed by atoms with Crippen molar-refractivity contribution < 1.29 is 19.0 Å². The Bertz CT molecular complexity index is 976. The van der Waals surface area contributed by atoms with Gasteiger partial charge in [0.2, 0.25) is 5.88 Å². The van der Waals surface area contributed by atoms with Crippen LogP contribution in [0.4, 0.5) is 11.6 Å². The normalized spacial score (nSPS) is 11.9. The molecule has 0 spiro atoms. The Kier molecular flexibility index (Phi) is 6.15. The lowest BCUT2D eigenvalue weighted by Gasteiger charge is -2.13. The van der Waals surface area contributed by atoms with Crippen LogP contribution in [0.15, 0.2) is 24.5 Å². The average molecular weight is 406 g/mol. The number of ether oxygens (including phenoxy) is 3. The summed E-state index contributed by atoms with van der Waals surface area (Å²) in [5, 5.41) is 10.5. The van der Waals surface area contributed by atoms with Crippen LogP contribution in [0.2, 0.25) is 0 Å². The van der Waals surface area contributed by atoms with Crippen molar-refractivity contribution in [2.45, 2.75) is 25.6 Å². The number of benzene rings is 1. The number of carbonyl (C=O) groups is 1. The highest BCUT2D eigenvalue weighted by molar-refractivity contribution is 6.20. The van der Waals surface area contributed by atoms with E-state index in [0.717, 1.165) is 5.39 Å². The van der Waals surface area contributed by atoms with Crippen molar-refractivity contribution in [3.05, 3.63) is 24.5 Å². The second-order valence-corrected chi connectivity index (χ2v) is 6.74. The molecule has 0 fully saturated rings. The molecule has 3 rings (SSSR count). The Balaban J connectivity index is 1.87. The predicted molar refractivity (Wildman–Crippen MR) is 105 cm³/mol. The molecule has 2 aromatic heterocycles. The number of nitrogens with one attached hydrogen (secondary N) is 2. The number of halogens is 1. The fraction of sp³-hybridized carbons (Fsp3) is 0.333. The first-order chi connectivity index (χ1) is 13.5. The number of hydrogen-bond donors (Lipinski definition) is 2. The van der Waals surface area contributed by atoms with E-state index in [1.165, 1.54) is 13.3 Å². The molecule has 2 heterocycles. The van der Waals surface area contributed by atoms with Gasteiger partial charge in [0.1, 0.15) is 18.0 Å². The molecule has 0 aliphatic rings. The van der Waals surface area contributed by atoms with Gasteiger partial charge in [-0.3, -0.25) is 9.89 Å². The zero-order chi connectivity index (χ0) is 20.1. The molecule has 0 amide bonds. The number of H-pyrrole nitrogens is 1. The van der Waals surface area contributed by atoms with Gasteiger partial charge in [0.25, 0.3) is 0 Å². The first kappa shape index (κ1) is 19.7. The number of carbonyl (C=O) groups excluding carboxylic acids is 1. The van der Waals surface area contributed by atoms with Crippen LogP contribution in [-0.4, -0.2) is 45.2 Å². The van der Waals surface area contributed by atoms with Gasteiger partial charge in [-0.05, 0) is 19.4 Å². The fourth-order valence-electron chi connectivity index (χ4n) is 2.46. The molecule has 0 radical (unpaired) electrons. The molecule has 0 aliphatic heterocycles. The van der Waals surface area contributed by atoms with E-state index in [2.05, 4.69) is 25.5 Å². The minimum atomic E-state index is -0.452. The zero-order valence-corrected chi connectivity index (χ0v) is 16.4. The quantitative estimate of drug-likeness (QED) is 0.433. The second kappa shape index (κ2) is 8.75. The number of fused-ring (bicyclic) bond motifs is 1. The van der Waals surface area contributed by atoms with Crippen LogP contribution in [0, 0.1) is 0 Å². The molecule has 10 heteroatoms.